The quantitative estimate of drug-likeness (QED) is 0.539. The van der Waals surface area contributed by atoms with Gasteiger partial charge in [-0.3, -0.25) is 9.89 Å². The molecule has 2 atom stereocenters. The lowest BCUT2D eigenvalue weighted by atomic mass is 10.0. The van der Waals surface area contributed by atoms with Gasteiger partial charge in [0.1, 0.15) is 0 Å². The summed E-state index contributed by atoms with van der Waals surface area (Å²) in [4.78, 5) is 6.81. The minimum atomic E-state index is -0.539. The van der Waals surface area contributed by atoms with Crippen molar-refractivity contribution in [3.8, 4) is 0 Å². The van der Waals surface area contributed by atoms with Crippen LogP contribution in [-0.2, 0) is 0 Å². The predicted molar refractivity (Wildman–Crippen MR) is 87.6 cm³/mol. The van der Waals surface area contributed by atoms with Gasteiger partial charge in [0.25, 0.3) is 0 Å². The highest BCUT2D eigenvalue weighted by molar-refractivity contribution is 5.80. The van der Waals surface area contributed by atoms with Crippen LogP contribution in [0.4, 0.5) is 0 Å². The molecular formula is C16H32N4O. The Balaban J connectivity index is 1.82. The van der Waals surface area contributed by atoms with Crippen molar-refractivity contribution in [2.75, 3.05) is 26.7 Å². The molecule has 1 heterocycles. The topological polar surface area (TPSA) is 59.9 Å². The molecule has 122 valence electrons. The maximum atomic E-state index is 10.4. The second-order valence-corrected chi connectivity index (χ2v) is 7.13. The molecule has 2 aliphatic rings. The molecule has 0 aromatic rings. The molecule has 0 aromatic heterocycles. The summed E-state index contributed by atoms with van der Waals surface area (Å²) in [6.45, 7) is 9.58. The third kappa shape index (κ3) is 4.33. The van der Waals surface area contributed by atoms with Crippen LogP contribution in [0, 0.1) is 5.92 Å². The highest BCUT2D eigenvalue weighted by Gasteiger charge is 2.33. The minimum absolute atomic E-state index is 0.428. The van der Waals surface area contributed by atoms with Gasteiger partial charge >= 0.3 is 0 Å². The van der Waals surface area contributed by atoms with Crippen LogP contribution in [0.1, 0.15) is 46.5 Å². The summed E-state index contributed by atoms with van der Waals surface area (Å²) in [6, 6.07) is 1.02. The molecule has 5 heteroatoms. The van der Waals surface area contributed by atoms with Gasteiger partial charge in [-0.2, -0.15) is 0 Å². The van der Waals surface area contributed by atoms with E-state index in [1.54, 1.807) is 7.05 Å². The van der Waals surface area contributed by atoms with Crippen molar-refractivity contribution in [1.29, 1.82) is 0 Å². The fraction of sp³-hybridized carbons (Fsp3) is 0.938. The van der Waals surface area contributed by atoms with Crippen molar-refractivity contribution >= 4 is 5.96 Å². The average molecular weight is 296 g/mol. The van der Waals surface area contributed by atoms with Crippen molar-refractivity contribution in [1.82, 2.24) is 15.5 Å². The van der Waals surface area contributed by atoms with Crippen LogP contribution in [0.15, 0.2) is 4.99 Å². The first kappa shape index (κ1) is 16.6. The molecule has 1 saturated carbocycles. The van der Waals surface area contributed by atoms with E-state index >= 15 is 0 Å². The van der Waals surface area contributed by atoms with Crippen molar-refractivity contribution in [2.45, 2.75) is 64.1 Å². The average Bonchev–Trinajstić information content (AvgIpc) is 3.02. The zero-order valence-corrected chi connectivity index (χ0v) is 14.0. The number of likely N-dealkylation sites (tertiary alicyclic amines) is 1. The number of aliphatic hydroxyl groups is 1. The molecule has 1 aliphatic heterocycles. The maximum absolute atomic E-state index is 10.4. The van der Waals surface area contributed by atoms with Crippen LogP contribution in [0.2, 0.25) is 0 Å². The molecule has 0 bridgehead atoms. The molecule has 0 spiro atoms. The second kappa shape index (κ2) is 6.97. The second-order valence-electron chi connectivity index (χ2n) is 7.13. The molecule has 5 nitrogen and oxygen atoms in total. The smallest absolute Gasteiger partial charge is 0.191 e. The Labute approximate surface area is 129 Å². The molecule has 0 aromatic carbocycles. The van der Waals surface area contributed by atoms with E-state index < -0.39 is 5.60 Å². The molecule has 2 unspecified atom stereocenters. The summed E-state index contributed by atoms with van der Waals surface area (Å²) < 4.78 is 0. The number of guanidine groups is 1. The minimum Gasteiger partial charge on any atom is -0.388 e. The van der Waals surface area contributed by atoms with E-state index in [4.69, 9.17) is 0 Å². The van der Waals surface area contributed by atoms with Gasteiger partial charge < -0.3 is 15.7 Å². The molecule has 1 aliphatic carbocycles. The summed E-state index contributed by atoms with van der Waals surface area (Å²) in [5.74, 6) is 1.43. The molecule has 0 amide bonds. The maximum Gasteiger partial charge on any atom is 0.191 e. The highest BCUT2D eigenvalue weighted by Crippen LogP contribution is 2.28. The largest absolute Gasteiger partial charge is 0.388 e. The normalized spacial score (nSPS) is 30.1. The Morgan fingerprint density at radius 2 is 2.00 bits per heavy atom. The van der Waals surface area contributed by atoms with Crippen LogP contribution < -0.4 is 10.6 Å². The van der Waals surface area contributed by atoms with Crippen molar-refractivity contribution in [3.63, 3.8) is 0 Å². The highest BCUT2D eigenvalue weighted by atomic mass is 16.3. The van der Waals surface area contributed by atoms with Gasteiger partial charge in [-0.1, -0.05) is 19.8 Å². The van der Waals surface area contributed by atoms with Gasteiger partial charge in [0.2, 0.25) is 0 Å². The van der Waals surface area contributed by atoms with Crippen LogP contribution in [0.25, 0.3) is 0 Å². The number of hydrogen-bond acceptors (Lipinski definition) is 3. The lowest BCUT2D eigenvalue weighted by Gasteiger charge is -2.26. The first-order chi connectivity index (χ1) is 9.93. The monoisotopic (exact) mass is 296 g/mol. The molecule has 0 radical (unpaired) electrons. The SMILES string of the molecule is CN=C(NCC1(O)CCCC1)NC1CN(C(C)C)CC1C. The molecule has 1 saturated heterocycles. The Morgan fingerprint density at radius 1 is 1.33 bits per heavy atom. The molecule has 21 heavy (non-hydrogen) atoms. The number of rotatable bonds is 4. The van der Waals surface area contributed by atoms with E-state index in [1.165, 1.54) is 0 Å². The molecule has 3 N–H and O–H groups in total. The van der Waals surface area contributed by atoms with E-state index in [9.17, 15) is 5.11 Å². The van der Waals surface area contributed by atoms with Gasteiger partial charge in [-0.15, -0.1) is 0 Å². The van der Waals surface area contributed by atoms with Crippen molar-refractivity contribution < 1.29 is 5.11 Å². The number of hydrogen-bond donors (Lipinski definition) is 3. The van der Waals surface area contributed by atoms with E-state index in [0.717, 1.165) is 44.7 Å². The van der Waals surface area contributed by atoms with Gasteiger partial charge in [0.05, 0.1) is 5.60 Å². The fourth-order valence-corrected chi connectivity index (χ4v) is 3.44. The third-order valence-electron chi connectivity index (χ3n) is 5.04. The van der Waals surface area contributed by atoms with Crippen molar-refractivity contribution in [3.05, 3.63) is 0 Å². The van der Waals surface area contributed by atoms with Crippen LogP contribution in [0.3, 0.4) is 0 Å². The first-order valence-electron chi connectivity index (χ1n) is 8.37. The number of nitrogens with zero attached hydrogens (tertiary/aromatic N) is 2. The van der Waals surface area contributed by atoms with Gasteiger partial charge in [-0.25, -0.2) is 0 Å². The Hall–Kier alpha value is -0.810. The van der Waals surface area contributed by atoms with Gasteiger partial charge in [-0.05, 0) is 32.6 Å². The zero-order valence-electron chi connectivity index (χ0n) is 14.0. The molecule has 2 rings (SSSR count). The first-order valence-corrected chi connectivity index (χ1v) is 8.37. The Kier molecular flexibility index (Phi) is 5.49. The summed E-state index contributed by atoms with van der Waals surface area (Å²) >= 11 is 0. The Bertz CT molecular complexity index is 363. The van der Waals surface area contributed by atoms with Gasteiger partial charge in [0, 0.05) is 38.8 Å². The standard InChI is InChI=1S/C16H32N4O/c1-12(2)20-9-13(3)14(10-20)19-15(17-4)18-11-16(21)7-5-6-8-16/h12-14,21H,5-11H2,1-4H3,(H2,17,18,19). The van der Waals surface area contributed by atoms with E-state index in [0.29, 0.717) is 24.5 Å². The third-order valence-corrected chi connectivity index (χ3v) is 5.04. The van der Waals surface area contributed by atoms with Crippen molar-refractivity contribution in [2.24, 2.45) is 10.9 Å². The zero-order chi connectivity index (χ0) is 15.5. The molecular weight excluding hydrogens is 264 g/mol. The summed E-state index contributed by atoms with van der Waals surface area (Å²) in [7, 11) is 1.80. The van der Waals surface area contributed by atoms with E-state index in [1.807, 2.05) is 0 Å². The molecule has 2 fully saturated rings. The van der Waals surface area contributed by atoms with Crippen LogP contribution in [-0.4, -0.2) is 60.3 Å². The number of nitrogens with one attached hydrogen (secondary N) is 2. The predicted octanol–water partition coefficient (Wildman–Crippen LogP) is 1.19. The van der Waals surface area contributed by atoms with Gasteiger partial charge in [0.15, 0.2) is 5.96 Å². The summed E-state index contributed by atoms with van der Waals surface area (Å²) in [5, 5.41) is 17.3. The lowest BCUT2D eigenvalue weighted by molar-refractivity contribution is 0.0521. The summed E-state index contributed by atoms with van der Waals surface area (Å²) in [5.41, 5.74) is -0.539. The number of aliphatic imine (C=N–C) groups is 1. The van der Waals surface area contributed by atoms with E-state index in [-0.39, 0.29) is 0 Å². The Morgan fingerprint density at radius 3 is 2.52 bits per heavy atom. The fourth-order valence-electron chi connectivity index (χ4n) is 3.44. The van der Waals surface area contributed by atoms with Crippen LogP contribution in [0.5, 0.6) is 0 Å². The lowest BCUT2D eigenvalue weighted by Crippen LogP contribution is -2.50. The summed E-state index contributed by atoms with van der Waals surface area (Å²) in [6.07, 6.45) is 4.07. The van der Waals surface area contributed by atoms with E-state index in [2.05, 4.69) is 41.3 Å². The van der Waals surface area contributed by atoms with Crippen LogP contribution >= 0.6 is 0 Å².